The topological polar surface area (TPSA) is 62.0 Å². The maximum Gasteiger partial charge on any atom is 0.170 e. The Kier molecular flexibility index (Phi) is 13.8. The van der Waals surface area contributed by atoms with Crippen molar-refractivity contribution in [2.75, 3.05) is 6.54 Å². The lowest BCUT2D eigenvalue weighted by Crippen LogP contribution is -2.13. The average Bonchev–Trinajstić information content (AvgIpc) is 2.19. The number of ketones is 1. The number of carbonyl (C=O) groups excluding carboxylic acids is 1. The molecule has 108 valence electrons. The summed E-state index contributed by atoms with van der Waals surface area (Å²) in [6.07, 6.45) is 7.57. The fourth-order valence-corrected chi connectivity index (χ4v) is 1.19. The molecule has 0 saturated carbocycles. The number of carbonyl (C=O) groups is 1. The van der Waals surface area contributed by atoms with E-state index in [1.54, 1.807) is 13.8 Å². The van der Waals surface area contributed by atoms with Crippen LogP contribution in [0.1, 0.15) is 73.1 Å². The van der Waals surface area contributed by atoms with Crippen LogP contribution in [0.3, 0.4) is 0 Å². The molecule has 18 heavy (non-hydrogen) atoms. The van der Waals surface area contributed by atoms with Crippen LogP contribution in [0.15, 0.2) is 10.2 Å². The second kappa shape index (κ2) is 12.7. The van der Waals surface area contributed by atoms with E-state index in [9.17, 15) is 9.90 Å². The van der Waals surface area contributed by atoms with Crippen molar-refractivity contribution in [3.63, 3.8) is 0 Å². The monoisotopic (exact) mass is 258 g/mol. The predicted molar refractivity (Wildman–Crippen MR) is 75.8 cm³/mol. The van der Waals surface area contributed by atoms with Gasteiger partial charge in [-0.15, -0.1) is 0 Å². The second-order valence-corrected chi connectivity index (χ2v) is 5.14. The van der Waals surface area contributed by atoms with Gasteiger partial charge < -0.3 is 9.90 Å². The number of hydrogen-bond donors (Lipinski definition) is 1. The molecular formula is C14H30N2O2. The normalized spacial score (nSPS) is 11.2. The van der Waals surface area contributed by atoms with E-state index in [1.807, 2.05) is 0 Å². The number of nitrogens with zero attached hydrogens (tertiary/aromatic N) is 2. The average molecular weight is 258 g/mol. The molecule has 0 unspecified atom stereocenters. The Morgan fingerprint density at radius 2 is 1.50 bits per heavy atom. The van der Waals surface area contributed by atoms with Crippen LogP contribution in [0.2, 0.25) is 0 Å². The number of aliphatic hydroxyl groups is 1. The van der Waals surface area contributed by atoms with Crippen molar-refractivity contribution in [2.24, 2.45) is 10.2 Å². The summed E-state index contributed by atoms with van der Waals surface area (Å²) in [5, 5.41) is 16.9. The fourth-order valence-electron chi connectivity index (χ4n) is 1.19. The van der Waals surface area contributed by atoms with E-state index < -0.39 is 5.72 Å². The molecule has 0 aliphatic carbocycles. The van der Waals surface area contributed by atoms with Gasteiger partial charge in [0.25, 0.3) is 0 Å². The molecular weight excluding hydrogens is 228 g/mol. The molecule has 0 heterocycles. The summed E-state index contributed by atoms with van der Waals surface area (Å²) in [6, 6.07) is 0. The molecule has 0 spiro atoms. The molecule has 0 radical (unpaired) electrons. The Morgan fingerprint density at radius 1 is 1.06 bits per heavy atom. The minimum atomic E-state index is -0.998. The van der Waals surface area contributed by atoms with Crippen LogP contribution < -0.4 is 0 Å². The summed E-state index contributed by atoms with van der Waals surface area (Å²) in [5.41, 5.74) is -0.998. The minimum absolute atomic E-state index is 0.167. The van der Waals surface area contributed by atoms with Gasteiger partial charge in [0, 0.05) is 0 Å². The summed E-state index contributed by atoms with van der Waals surface area (Å²) in [5.74, 6) is 0.167. The van der Waals surface area contributed by atoms with Gasteiger partial charge in [-0.1, -0.05) is 39.0 Å². The molecule has 0 aromatic heterocycles. The van der Waals surface area contributed by atoms with Crippen LogP contribution in [0.5, 0.6) is 0 Å². The van der Waals surface area contributed by atoms with Gasteiger partial charge in [-0.2, -0.15) is 10.2 Å². The maximum atomic E-state index is 9.44. The molecule has 4 heteroatoms. The molecule has 0 bridgehead atoms. The molecule has 0 rings (SSSR count). The zero-order chi connectivity index (χ0) is 14.4. The highest BCUT2D eigenvalue weighted by molar-refractivity contribution is 5.72. The summed E-state index contributed by atoms with van der Waals surface area (Å²) in [6.45, 7) is 9.29. The lowest BCUT2D eigenvalue weighted by Gasteiger charge is -2.07. The summed E-state index contributed by atoms with van der Waals surface area (Å²) in [4.78, 5) is 9.44. The Labute approximate surface area is 112 Å². The zero-order valence-corrected chi connectivity index (χ0v) is 12.7. The van der Waals surface area contributed by atoms with Gasteiger partial charge in [0.1, 0.15) is 5.78 Å². The predicted octanol–water partition coefficient (Wildman–Crippen LogP) is 4.12. The number of unbranched alkanes of at least 4 members (excludes halogenated alkanes) is 5. The van der Waals surface area contributed by atoms with Gasteiger partial charge in [0.2, 0.25) is 0 Å². The molecule has 0 fully saturated rings. The van der Waals surface area contributed by atoms with Crippen LogP contribution in [0.25, 0.3) is 0 Å². The second-order valence-electron chi connectivity index (χ2n) is 5.14. The van der Waals surface area contributed by atoms with Crippen LogP contribution in [0, 0.1) is 0 Å². The summed E-state index contributed by atoms with van der Waals surface area (Å²) >= 11 is 0. The number of Topliss-reactive ketones (excluding diaryl/α,β-unsaturated/α-hetero) is 1. The Hall–Kier alpha value is -0.770. The van der Waals surface area contributed by atoms with Gasteiger partial charge in [-0.25, -0.2) is 0 Å². The van der Waals surface area contributed by atoms with Crippen molar-refractivity contribution >= 4 is 5.78 Å². The van der Waals surface area contributed by atoms with Crippen molar-refractivity contribution in [3.8, 4) is 0 Å². The molecule has 0 aromatic rings. The zero-order valence-electron chi connectivity index (χ0n) is 12.7. The smallest absolute Gasteiger partial charge is 0.170 e. The standard InChI is InChI=1S/C11H24N2O.C3H6O/c1-4-5-6-7-8-9-10-12-13-11(2,3)14;1-3(2)4/h14H,4-10H2,1-3H3;1-2H3. The third-order valence-corrected chi connectivity index (χ3v) is 1.93. The van der Waals surface area contributed by atoms with Gasteiger partial charge in [0.05, 0.1) is 6.54 Å². The summed E-state index contributed by atoms with van der Waals surface area (Å²) < 4.78 is 0. The van der Waals surface area contributed by atoms with E-state index >= 15 is 0 Å². The van der Waals surface area contributed by atoms with Gasteiger partial charge in [-0.05, 0) is 34.1 Å². The van der Waals surface area contributed by atoms with E-state index in [0.717, 1.165) is 13.0 Å². The van der Waals surface area contributed by atoms with Crippen molar-refractivity contribution in [3.05, 3.63) is 0 Å². The largest absolute Gasteiger partial charge is 0.368 e. The highest BCUT2D eigenvalue weighted by Gasteiger charge is 2.07. The first-order valence-corrected chi connectivity index (χ1v) is 6.87. The van der Waals surface area contributed by atoms with E-state index in [2.05, 4.69) is 17.2 Å². The third kappa shape index (κ3) is 29.5. The Balaban J connectivity index is 0. The SMILES string of the molecule is CC(C)=O.CCCCCCCCN=NC(C)(C)O. The van der Waals surface area contributed by atoms with Crippen LogP contribution in [-0.2, 0) is 4.79 Å². The van der Waals surface area contributed by atoms with Crippen LogP contribution in [0.4, 0.5) is 0 Å². The van der Waals surface area contributed by atoms with Gasteiger partial charge >= 0.3 is 0 Å². The van der Waals surface area contributed by atoms with Crippen molar-refractivity contribution < 1.29 is 9.90 Å². The van der Waals surface area contributed by atoms with E-state index in [-0.39, 0.29) is 5.78 Å². The highest BCUT2D eigenvalue weighted by Crippen LogP contribution is 2.06. The molecule has 0 atom stereocenters. The molecule has 0 aliphatic rings. The molecule has 0 aliphatic heterocycles. The molecule has 1 N–H and O–H groups in total. The fraction of sp³-hybridized carbons (Fsp3) is 0.929. The number of rotatable bonds is 8. The Morgan fingerprint density at radius 3 is 1.94 bits per heavy atom. The lowest BCUT2D eigenvalue weighted by atomic mass is 10.1. The van der Waals surface area contributed by atoms with Crippen molar-refractivity contribution in [2.45, 2.75) is 78.9 Å². The van der Waals surface area contributed by atoms with Crippen molar-refractivity contribution in [1.29, 1.82) is 0 Å². The maximum absolute atomic E-state index is 9.44. The first-order chi connectivity index (χ1) is 8.29. The first kappa shape index (κ1) is 19.6. The van der Waals surface area contributed by atoms with Crippen LogP contribution in [-0.4, -0.2) is 23.2 Å². The van der Waals surface area contributed by atoms with Crippen molar-refractivity contribution in [1.82, 2.24) is 0 Å². The molecule has 0 aromatic carbocycles. The van der Waals surface area contributed by atoms with Gasteiger partial charge in [0.15, 0.2) is 5.72 Å². The van der Waals surface area contributed by atoms with E-state index in [4.69, 9.17) is 0 Å². The lowest BCUT2D eigenvalue weighted by molar-refractivity contribution is -0.114. The summed E-state index contributed by atoms with van der Waals surface area (Å²) in [7, 11) is 0. The van der Waals surface area contributed by atoms with E-state index in [0.29, 0.717) is 0 Å². The minimum Gasteiger partial charge on any atom is -0.368 e. The van der Waals surface area contributed by atoms with E-state index in [1.165, 1.54) is 46.0 Å². The first-order valence-electron chi connectivity index (χ1n) is 6.87. The molecule has 0 amide bonds. The molecule has 0 saturated heterocycles. The molecule has 4 nitrogen and oxygen atoms in total. The quantitative estimate of drug-likeness (QED) is 0.525. The highest BCUT2D eigenvalue weighted by atomic mass is 16.3. The third-order valence-electron chi connectivity index (χ3n) is 1.93. The van der Waals surface area contributed by atoms with Crippen LogP contribution >= 0.6 is 0 Å². The number of hydrogen-bond acceptors (Lipinski definition) is 4. The Bertz CT molecular complexity index is 216. The number of azo groups is 1. The van der Waals surface area contributed by atoms with Gasteiger partial charge in [-0.3, -0.25) is 0 Å².